The van der Waals surface area contributed by atoms with Gasteiger partial charge in [-0.15, -0.1) is 0 Å². The molecule has 0 amide bonds. The molecule has 0 saturated carbocycles. The third-order valence-electron chi connectivity index (χ3n) is 3.44. The van der Waals surface area contributed by atoms with Crippen LogP contribution in [0.25, 0.3) is 10.9 Å². The van der Waals surface area contributed by atoms with Crippen LogP contribution in [0.2, 0.25) is 5.02 Å². The average Bonchev–Trinajstić information content (AvgIpc) is 2.59. The molecular formula is C13H15ClN2. The lowest BCUT2D eigenvalue weighted by Gasteiger charge is -2.31. The van der Waals surface area contributed by atoms with Gasteiger partial charge in [0.15, 0.2) is 0 Å². The first-order valence-corrected chi connectivity index (χ1v) is 6.02. The van der Waals surface area contributed by atoms with E-state index in [9.17, 15) is 0 Å². The van der Waals surface area contributed by atoms with Crippen molar-refractivity contribution < 1.29 is 0 Å². The second kappa shape index (κ2) is 3.25. The van der Waals surface area contributed by atoms with Crippen molar-refractivity contribution in [3.05, 3.63) is 34.5 Å². The number of hydrogen-bond donors (Lipinski definition) is 2. The Morgan fingerprint density at radius 3 is 2.94 bits per heavy atom. The lowest BCUT2D eigenvalue weighted by molar-refractivity contribution is 0.374. The molecule has 0 unspecified atom stereocenters. The molecule has 2 aromatic rings. The van der Waals surface area contributed by atoms with E-state index in [0.717, 1.165) is 23.5 Å². The van der Waals surface area contributed by atoms with E-state index < -0.39 is 0 Å². The number of rotatable bonds is 0. The number of hydrogen-bond acceptors (Lipinski definition) is 1. The summed E-state index contributed by atoms with van der Waals surface area (Å²) in [5.74, 6) is 0. The number of H-pyrrole nitrogens is 1. The highest BCUT2D eigenvalue weighted by Gasteiger charge is 2.30. The average molecular weight is 235 g/mol. The Bertz CT molecular complexity index is 554. The molecule has 16 heavy (non-hydrogen) atoms. The van der Waals surface area contributed by atoms with E-state index >= 15 is 0 Å². The highest BCUT2D eigenvalue weighted by molar-refractivity contribution is 6.35. The third kappa shape index (κ3) is 1.30. The van der Waals surface area contributed by atoms with Gasteiger partial charge in [0, 0.05) is 23.1 Å². The Kier molecular flexibility index (Phi) is 2.07. The molecule has 1 aliphatic rings. The zero-order valence-electron chi connectivity index (χ0n) is 9.52. The van der Waals surface area contributed by atoms with E-state index in [1.54, 1.807) is 0 Å². The molecule has 1 aromatic carbocycles. The predicted octanol–water partition coefficient (Wildman–Crippen LogP) is 3.20. The molecule has 2 heterocycles. The molecule has 3 rings (SSSR count). The van der Waals surface area contributed by atoms with Crippen molar-refractivity contribution in [1.82, 2.24) is 10.3 Å². The van der Waals surface area contributed by atoms with Crippen LogP contribution in [0, 0.1) is 0 Å². The molecular weight excluding hydrogens is 220 g/mol. The zero-order chi connectivity index (χ0) is 11.3. The van der Waals surface area contributed by atoms with Gasteiger partial charge < -0.3 is 10.3 Å². The van der Waals surface area contributed by atoms with Gasteiger partial charge in [0.25, 0.3) is 0 Å². The minimum Gasteiger partial charge on any atom is -0.357 e. The highest BCUT2D eigenvalue weighted by atomic mass is 35.5. The van der Waals surface area contributed by atoms with E-state index in [4.69, 9.17) is 11.6 Å². The molecule has 1 aliphatic heterocycles. The van der Waals surface area contributed by atoms with Crippen LogP contribution < -0.4 is 5.32 Å². The maximum Gasteiger partial charge on any atom is 0.0532 e. The number of fused-ring (bicyclic) bond motifs is 3. The molecule has 0 spiro atoms. The smallest absolute Gasteiger partial charge is 0.0532 e. The molecule has 3 heteroatoms. The van der Waals surface area contributed by atoms with Crippen LogP contribution in [-0.4, -0.2) is 11.5 Å². The SMILES string of the molecule is CC1(C)NCCc2c1[nH]c1cccc(Cl)c21. The minimum absolute atomic E-state index is 0.00985. The van der Waals surface area contributed by atoms with Crippen LogP contribution in [-0.2, 0) is 12.0 Å². The number of halogens is 1. The lowest BCUT2D eigenvalue weighted by Crippen LogP contribution is -2.42. The van der Waals surface area contributed by atoms with Crippen molar-refractivity contribution in [2.45, 2.75) is 25.8 Å². The Morgan fingerprint density at radius 2 is 2.12 bits per heavy atom. The Labute approximate surface area is 100.0 Å². The molecule has 0 atom stereocenters. The topological polar surface area (TPSA) is 27.8 Å². The quantitative estimate of drug-likeness (QED) is 0.720. The Morgan fingerprint density at radius 1 is 1.31 bits per heavy atom. The fourth-order valence-corrected chi connectivity index (χ4v) is 2.93. The molecule has 0 bridgehead atoms. The summed E-state index contributed by atoms with van der Waals surface area (Å²) in [5.41, 5.74) is 3.82. The van der Waals surface area contributed by atoms with E-state index in [1.807, 2.05) is 12.1 Å². The Balaban J connectivity index is 2.38. The van der Waals surface area contributed by atoms with Crippen LogP contribution >= 0.6 is 11.6 Å². The van der Waals surface area contributed by atoms with Gasteiger partial charge >= 0.3 is 0 Å². The van der Waals surface area contributed by atoms with Gasteiger partial charge in [0.1, 0.15) is 0 Å². The molecule has 84 valence electrons. The third-order valence-corrected chi connectivity index (χ3v) is 3.76. The van der Waals surface area contributed by atoms with Crippen LogP contribution in [0.3, 0.4) is 0 Å². The first-order chi connectivity index (χ1) is 7.59. The van der Waals surface area contributed by atoms with Crippen molar-refractivity contribution in [3.63, 3.8) is 0 Å². The van der Waals surface area contributed by atoms with Crippen LogP contribution in [0.5, 0.6) is 0 Å². The fraction of sp³-hybridized carbons (Fsp3) is 0.385. The highest BCUT2D eigenvalue weighted by Crippen LogP contribution is 2.36. The molecule has 0 radical (unpaired) electrons. The molecule has 2 nitrogen and oxygen atoms in total. The minimum atomic E-state index is 0.00985. The number of aromatic nitrogens is 1. The second-order valence-electron chi connectivity index (χ2n) is 4.94. The summed E-state index contributed by atoms with van der Waals surface area (Å²) in [6, 6.07) is 6.05. The summed E-state index contributed by atoms with van der Waals surface area (Å²) in [7, 11) is 0. The summed E-state index contributed by atoms with van der Waals surface area (Å²) in [6.07, 6.45) is 1.04. The van der Waals surface area contributed by atoms with Crippen molar-refractivity contribution in [2.24, 2.45) is 0 Å². The van der Waals surface area contributed by atoms with Gasteiger partial charge in [-0.3, -0.25) is 0 Å². The molecule has 2 N–H and O–H groups in total. The number of benzene rings is 1. The van der Waals surface area contributed by atoms with Crippen molar-refractivity contribution in [1.29, 1.82) is 0 Å². The van der Waals surface area contributed by atoms with Crippen molar-refractivity contribution in [3.8, 4) is 0 Å². The second-order valence-corrected chi connectivity index (χ2v) is 5.35. The van der Waals surface area contributed by atoms with Gasteiger partial charge in [-0.25, -0.2) is 0 Å². The Hall–Kier alpha value is -0.990. The lowest BCUT2D eigenvalue weighted by atomic mass is 9.90. The van der Waals surface area contributed by atoms with Crippen LogP contribution in [0.1, 0.15) is 25.1 Å². The van der Waals surface area contributed by atoms with E-state index in [1.165, 1.54) is 16.6 Å². The fourth-order valence-electron chi connectivity index (χ4n) is 2.64. The predicted molar refractivity (Wildman–Crippen MR) is 68.0 cm³/mol. The zero-order valence-corrected chi connectivity index (χ0v) is 10.3. The summed E-state index contributed by atoms with van der Waals surface area (Å²) < 4.78 is 0. The van der Waals surface area contributed by atoms with E-state index in [0.29, 0.717) is 0 Å². The molecule has 0 saturated heterocycles. The van der Waals surface area contributed by atoms with Crippen molar-refractivity contribution in [2.75, 3.05) is 6.54 Å². The first kappa shape index (κ1) is 10.2. The summed E-state index contributed by atoms with van der Waals surface area (Å²) in [6.45, 7) is 5.42. The standard InChI is InChI=1S/C13H15ClN2/c1-13(2)12-8(6-7-15-13)11-9(14)4-3-5-10(11)16-12/h3-5,15-16H,6-7H2,1-2H3. The molecule has 1 aromatic heterocycles. The normalized spacial score (nSPS) is 18.7. The summed E-state index contributed by atoms with van der Waals surface area (Å²) in [4.78, 5) is 3.50. The molecule has 0 aliphatic carbocycles. The van der Waals surface area contributed by atoms with E-state index in [-0.39, 0.29) is 5.54 Å². The van der Waals surface area contributed by atoms with Gasteiger partial charge in [0.2, 0.25) is 0 Å². The van der Waals surface area contributed by atoms with Gasteiger partial charge in [-0.05, 0) is 38.0 Å². The summed E-state index contributed by atoms with van der Waals surface area (Å²) in [5, 5.41) is 5.58. The monoisotopic (exact) mass is 234 g/mol. The van der Waals surface area contributed by atoms with Crippen LogP contribution in [0.15, 0.2) is 18.2 Å². The van der Waals surface area contributed by atoms with E-state index in [2.05, 4.69) is 30.2 Å². The number of nitrogens with one attached hydrogen (secondary N) is 2. The van der Waals surface area contributed by atoms with Crippen LogP contribution in [0.4, 0.5) is 0 Å². The first-order valence-electron chi connectivity index (χ1n) is 5.64. The van der Waals surface area contributed by atoms with Crippen molar-refractivity contribution >= 4 is 22.5 Å². The largest absolute Gasteiger partial charge is 0.357 e. The van der Waals surface area contributed by atoms with Gasteiger partial charge in [0.05, 0.1) is 10.6 Å². The molecule has 0 fully saturated rings. The summed E-state index contributed by atoms with van der Waals surface area (Å²) >= 11 is 6.29. The maximum absolute atomic E-state index is 6.29. The van der Waals surface area contributed by atoms with Gasteiger partial charge in [-0.1, -0.05) is 17.7 Å². The number of aromatic amines is 1. The maximum atomic E-state index is 6.29. The van der Waals surface area contributed by atoms with Gasteiger partial charge in [-0.2, -0.15) is 0 Å².